The normalized spacial score (nSPS) is 13.8. The van der Waals surface area contributed by atoms with E-state index >= 15 is 0 Å². The molecule has 131 heavy (non-hydrogen) atoms. The number of benzene rings is 8. The van der Waals surface area contributed by atoms with E-state index < -0.39 is 5.54 Å². The minimum atomic E-state index is -0.476. The molecule has 8 aromatic carbocycles. The average molecular weight is 1820 g/mol. The van der Waals surface area contributed by atoms with Gasteiger partial charge in [-0.2, -0.15) is 19.9 Å². The lowest BCUT2D eigenvalue weighted by Crippen LogP contribution is -2.45. The van der Waals surface area contributed by atoms with Crippen molar-refractivity contribution in [2.24, 2.45) is 5.73 Å². The molecule has 32 heteroatoms. The number of nitrogens with zero attached hydrogens (tertiary/aromatic N) is 14. The van der Waals surface area contributed by atoms with Crippen LogP contribution in [-0.2, 0) is 4.74 Å². The van der Waals surface area contributed by atoms with E-state index in [0.29, 0.717) is 91.5 Å². The molecule has 0 spiro atoms. The van der Waals surface area contributed by atoms with Gasteiger partial charge in [0.1, 0.15) is 5.82 Å². The molecule has 2 aliphatic heterocycles. The molecular weight excluding hydrogens is 1720 g/mol. The largest absolute Gasteiger partial charge is 0.379 e. The van der Waals surface area contributed by atoms with E-state index in [0.717, 1.165) is 157 Å². The third-order valence-electron chi connectivity index (χ3n) is 22.3. The number of amides is 4. The number of piperidine rings is 1. The summed E-state index contributed by atoms with van der Waals surface area (Å²) in [6, 6.07) is 82.0. The summed E-state index contributed by atoms with van der Waals surface area (Å²) in [5, 5.41) is 45.4. The molecule has 19 rings (SSSR count). The summed E-state index contributed by atoms with van der Waals surface area (Å²) in [5.41, 5.74) is 21.1. The van der Waals surface area contributed by atoms with Crippen molar-refractivity contribution in [3.63, 3.8) is 0 Å². The van der Waals surface area contributed by atoms with Gasteiger partial charge in [-0.3, -0.25) is 24.1 Å². The summed E-state index contributed by atoms with van der Waals surface area (Å²) in [7, 11) is 2.11. The second-order valence-corrected chi connectivity index (χ2v) is 34.2. The Morgan fingerprint density at radius 2 is 0.740 bits per heavy atom. The predicted octanol–water partition coefficient (Wildman–Crippen LogP) is 18.5. The predicted molar refractivity (Wildman–Crippen MR) is 515 cm³/mol. The number of rotatable bonds is 24. The van der Waals surface area contributed by atoms with Gasteiger partial charge in [-0.25, -0.2) is 22.5 Å². The zero-order valence-corrected chi connectivity index (χ0v) is 74.7. The number of anilines is 8. The zero-order valence-electron chi connectivity index (χ0n) is 72.5. The molecule has 0 atom stereocenters. The Balaban J connectivity index is 0.000000128. The van der Waals surface area contributed by atoms with Gasteiger partial charge in [-0.05, 0) is 267 Å². The van der Waals surface area contributed by atoms with E-state index in [1.165, 1.54) is 31.4 Å². The first-order valence-electron chi connectivity index (χ1n) is 43.6. The molecule has 0 bridgehead atoms. The van der Waals surface area contributed by atoms with Crippen LogP contribution in [0.15, 0.2) is 267 Å². The Morgan fingerprint density at radius 3 is 1.10 bits per heavy atom. The molecule has 4 amide bonds. The molecule has 3 aliphatic rings. The standard InChI is InChI=1S/C26H27ClN6O2.C25H25ClN6O.C25H24ClN5O.C23H23FN6O/c27-21-9-5-19(6-10-21)23-3-1-4-24-30-26(31-33(23)24)29-22-11-7-20(8-12-22)25(34)28-13-2-14-32-15-17-35-18-16-32;1-31-15-13-21(14-16-31)27-24(33)18-7-11-20(12-8-18)28-25-29-23-4-2-3-22(32(23)30-25)17-5-9-19(26)10-6-17;26-19-13-9-17(10-14-19)22-7-4-8-23-29-25(30-31(22)23)28-21-15-11-18(12-16-21)24(32)27-20-5-2-1-3-6-20;1-23(2,25)14-26-21(31)15-9-11-18(12-10-15)27-22-28-20-8-4-7-19(30(20)29-22)16-5-3-6-17(24)13-16/h1,3-12H,2,13-18H2,(H,28,34)(H,29,31);2-12,21H,13-16H2,1H3,(H,27,33)(H,28,30);4,7-16,20H,1-3,5-6H2,(H,27,32)(H,28,30);3-13H,14,25H2,1-2H3,(H,26,31)(H,27,29). The van der Waals surface area contributed by atoms with E-state index in [1.54, 1.807) is 60.5 Å². The van der Waals surface area contributed by atoms with Gasteiger partial charge in [0.2, 0.25) is 23.8 Å². The second-order valence-electron chi connectivity index (χ2n) is 32.9. The van der Waals surface area contributed by atoms with Crippen molar-refractivity contribution in [2.45, 2.75) is 82.8 Å². The maximum atomic E-state index is 13.6. The van der Waals surface area contributed by atoms with Crippen LogP contribution in [0, 0.1) is 5.82 Å². The molecule has 2 saturated heterocycles. The molecule has 10 N–H and O–H groups in total. The number of likely N-dealkylation sites (tertiary alicyclic amines) is 1. The topological polar surface area (TPSA) is 327 Å². The number of carbonyl (C=O) groups is 4. The van der Waals surface area contributed by atoms with Crippen LogP contribution in [0.1, 0.15) is 107 Å². The fourth-order valence-electron chi connectivity index (χ4n) is 15.3. The van der Waals surface area contributed by atoms with Crippen LogP contribution in [0.4, 0.5) is 50.9 Å². The van der Waals surface area contributed by atoms with Crippen molar-refractivity contribution in [2.75, 3.05) is 87.3 Å². The summed E-state index contributed by atoms with van der Waals surface area (Å²) >= 11 is 18.1. The van der Waals surface area contributed by atoms with Crippen molar-refractivity contribution in [1.82, 2.24) is 89.5 Å². The molecule has 3 fully saturated rings. The summed E-state index contributed by atoms with van der Waals surface area (Å²) < 4.78 is 26.1. The molecule has 0 radical (unpaired) electrons. The van der Waals surface area contributed by atoms with Crippen molar-refractivity contribution >= 4 is 128 Å². The Labute approximate surface area is 771 Å². The number of hydrogen-bond donors (Lipinski definition) is 9. The number of ether oxygens (including phenoxy) is 1. The SMILES string of the molecule is CC(C)(N)CNC(=O)c1ccc(Nc2nc3cccc(-c4cccc(F)c4)n3n2)cc1.CN1CCC(NC(=O)c2ccc(Nc3nc4cccc(-c5ccc(Cl)cc5)n4n3)cc2)CC1.O=C(NC1CCCCC1)c1ccc(Nc2nc3cccc(-c4ccc(Cl)cc4)n3n2)cc1.O=C(NCCCN1CCOCC1)c1ccc(Nc2nc3cccc(-c4ccc(Cl)cc4)n3n2)cc1. The van der Waals surface area contributed by atoms with Crippen molar-refractivity contribution in [3.05, 3.63) is 310 Å². The highest BCUT2D eigenvalue weighted by atomic mass is 35.5. The molecule has 668 valence electrons. The third-order valence-corrected chi connectivity index (χ3v) is 23.1. The van der Waals surface area contributed by atoms with Crippen LogP contribution in [0.3, 0.4) is 0 Å². The first-order chi connectivity index (χ1) is 63.6. The highest BCUT2D eigenvalue weighted by Crippen LogP contribution is 2.31. The first-order valence-corrected chi connectivity index (χ1v) is 44.7. The Kier molecular flexibility index (Phi) is 29.3. The van der Waals surface area contributed by atoms with Gasteiger partial charge in [0.05, 0.1) is 36.0 Å². The molecule has 28 nitrogen and oxygen atoms in total. The van der Waals surface area contributed by atoms with Crippen LogP contribution in [0.5, 0.6) is 0 Å². The molecule has 10 heterocycles. The van der Waals surface area contributed by atoms with E-state index in [2.05, 4.69) is 99.7 Å². The van der Waals surface area contributed by atoms with Crippen LogP contribution in [-0.4, -0.2) is 176 Å². The van der Waals surface area contributed by atoms with Crippen LogP contribution >= 0.6 is 34.8 Å². The monoisotopic (exact) mass is 1810 g/mol. The maximum absolute atomic E-state index is 13.6. The number of fused-ring (bicyclic) bond motifs is 4. The highest BCUT2D eigenvalue weighted by molar-refractivity contribution is 6.31. The van der Waals surface area contributed by atoms with Crippen LogP contribution < -0.4 is 48.3 Å². The highest BCUT2D eigenvalue weighted by Gasteiger charge is 2.23. The molecule has 1 aliphatic carbocycles. The molecule has 16 aromatic rings. The number of morpholine rings is 1. The lowest BCUT2D eigenvalue weighted by Gasteiger charge is -2.29. The Morgan fingerprint density at radius 1 is 0.405 bits per heavy atom. The van der Waals surface area contributed by atoms with Gasteiger partial charge >= 0.3 is 0 Å². The lowest BCUT2D eigenvalue weighted by molar-refractivity contribution is 0.0374. The van der Waals surface area contributed by atoms with E-state index in [4.69, 9.17) is 45.3 Å². The molecular formula is C99H99Cl3FN23O5. The van der Waals surface area contributed by atoms with Gasteiger partial charge in [0.25, 0.3) is 23.6 Å². The summed E-state index contributed by atoms with van der Waals surface area (Å²) in [4.78, 5) is 72.7. The van der Waals surface area contributed by atoms with E-state index in [9.17, 15) is 23.6 Å². The Bertz CT molecular complexity index is 6590. The minimum Gasteiger partial charge on any atom is -0.379 e. The number of halogens is 4. The van der Waals surface area contributed by atoms with Crippen molar-refractivity contribution in [3.8, 4) is 45.0 Å². The molecule has 0 unspecified atom stereocenters. The van der Waals surface area contributed by atoms with Gasteiger partial charge < -0.3 is 57.9 Å². The number of nitrogens with two attached hydrogens (primary N) is 1. The number of hydrogen-bond acceptors (Lipinski definition) is 20. The maximum Gasteiger partial charge on any atom is 0.251 e. The molecule has 8 aromatic heterocycles. The van der Waals surface area contributed by atoms with Gasteiger partial charge in [-0.1, -0.05) is 127 Å². The van der Waals surface area contributed by atoms with Crippen molar-refractivity contribution in [1.29, 1.82) is 0 Å². The summed E-state index contributed by atoms with van der Waals surface area (Å²) in [5.74, 6) is 1.24. The molecule has 1 saturated carbocycles. The number of nitrogens with one attached hydrogen (secondary N) is 8. The third kappa shape index (κ3) is 24.3. The average Bonchev–Trinajstić information content (AvgIpc) is 1.67. The van der Waals surface area contributed by atoms with Crippen molar-refractivity contribution < 1.29 is 28.3 Å². The van der Waals surface area contributed by atoms with E-state index in [-0.39, 0.29) is 35.5 Å². The minimum absolute atomic E-state index is 0.0121. The smallest absolute Gasteiger partial charge is 0.251 e. The fraction of sp³-hybridized carbons (Fsp3) is 0.232. The van der Waals surface area contributed by atoms with Crippen LogP contribution in [0.25, 0.3) is 67.6 Å². The first kappa shape index (κ1) is 90.3. The number of carbonyl (C=O) groups excluding carboxylic acids is 4. The Hall–Kier alpha value is -14.0. The van der Waals surface area contributed by atoms with Crippen LogP contribution in [0.2, 0.25) is 15.1 Å². The van der Waals surface area contributed by atoms with E-state index in [1.807, 2.05) is 226 Å². The zero-order chi connectivity index (χ0) is 90.7. The summed E-state index contributed by atoms with van der Waals surface area (Å²) in [6.07, 6.45) is 8.69. The number of pyridine rings is 4. The quantitative estimate of drug-likeness (QED) is 0.0254. The summed E-state index contributed by atoms with van der Waals surface area (Å²) in [6.45, 7) is 11.2. The van der Waals surface area contributed by atoms with Gasteiger partial charge in [0, 0.05) is 126 Å². The fourth-order valence-corrected chi connectivity index (χ4v) is 15.7. The number of aromatic nitrogens is 12. The second kappa shape index (κ2) is 42.5. The lowest BCUT2D eigenvalue weighted by atomic mass is 9.95. The van der Waals surface area contributed by atoms with Gasteiger partial charge in [-0.15, -0.1) is 20.4 Å². The van der Waals surface area contributed by atoms with Gasteiger partial charge in [0.15, 0.2) is 22.6 Å².